The van der Waals surface area contributed by atoms with Crippen LogP contribution in [0.5, 0.6) is 0 Å². The van der Waals surface area contributed by atoms with Crippen molar-refractivity contribution in [2.45, 2.75) is 13.0 Å². The number of nitrogens with zero attached hydrogens (tertiary/aromatic N) is 1. The van der Waals surface area contributed by atoms with Crippen molar-refractivity contribution < 1.29 is 13.6 Å². The van der Waals surface area contributed by atoms with Crippen LogP contribution in [0.25, 0.3) is 10.8 Å². The first kappa shape index (κ1) is 18.1. The molecule has 3 rings (SSSR count). The van der Waals surface area contributed by atoms with Crippen LogP contribution < -0.4 is 5.56 Å². The molecule has 0 spiro atoms. The number of H-pyrrole nitrogens is 1. The third kappa shape index (κ3) is 3.20. The minimum Gasteiger partial charge on any atom is -0.335 e. The number of aromatic nitrogens is 1. The number of nitrogens with one attached hydrogen (secondary N) is 1. The SMILES string of the molecule is C[C@H](c1c[nH]c(=O)c2cc(F)c(F)cc12)N(C)C(=O)c1ccc(Cl)cc1. The summed E-state index contributed by atoms with van der Waals surface area (Å²) in [5.74, 6) is -2.42. The van der Waals surface area contributed by atoms with Crippen LogP contribution >= 0.6 is 11.6 Å². The molecule has 1 aromatic heterocycles. The number of hydrogen-bond donors (Lipinski definition) is 1. The van der Waals surface area contributed by atoms with Crippen molar-refractivity contribution in [2.24, 2.45) is 0 Å². The van der Waals surface area contributed by atoms with E-state index >= 15 is 0 Å². The molecule has 1 atom stereocenters. The standard InChI is InChI=1S/C19H15ClF2N2O2/c1-10(24(2)19(26)11-3-5-12(20)6-4-11)15-9-23-18(25)14-8-17(22)16(21)7-13(14)15/h3-10H,1-2H3,(H,23,25)/t10-/m1/s1. The molecule has 134 valence electrons. The van der Waals surface area contributed by atoms with Crippen molar-refractivity contribution >= 4 is 28.3 Å². The average molecular weight is 377 g/mol. The summed E-state index contributed by atoms with van der Waals surface area (Å²) < 4.78 is 27.2. The van der Waals surface area contributed by atoms with Gasteiger partial charge in [0.2, 0.25) is 0 Å². The molecule has 0 saturated carbocycles. The minimum atomic E-state index is -1.10. The molecule has 0 aliphatic carbocycles. The Labute approximate surface area is 153 Å². The lowest BCUT2D eigenvalue weighted by Gasteiger charge is -2.26. The van der Waals surface area contributed by atoms with Crippen LogP contribution in [0.3, 0.4) is 0 Å². The molecular weight excluding hydrogens is 362 g/mol. The maximum Gasteiger partial charge on any atom is 0.255 e. The van der Waals surface area contributed by atoms with Gasteiger partial charge in [-0.25, -0.2) is 8.78 Å². The molecule has 2 aromatic carbocycles. The summed E-state index contributed by atoms with van der Waals surface area (Å²) in [6.07, 6.45) is 1.41. The fourth-order valence-electron chi connectivity index (χ4n) is 2.80. The second-order valence-electron chi connectivity index (χ2n) is 5.98. The number of fused-ring (bicyclic) bond motifs is 1. The molecule has 0 radical (unpaired) electrons. The average Bonchev–Trinajstić information content (AvgIpc) is 2.62. The van der Waals surface area contributed by atoms with E-state index in [0.717, 1.165) is 12.1 Å². The van der Waals surface area contributed by atoms with Crippen LogP contribution in [0.1, 0.15) is 28.9 Å². The highest BCUT2D eigenvalue weighted by molar-refractivity contribution is 6.30. The number of aromatic amines is 1. The minimum absolute atomic E-state index is 0.0283. The molecule has 26 heavy (non-hydrogen) atoms. The first-order valence-electron chi connectivity index (χ1n) is 7.82. The van der Waals surface area contributed by atoms with Crippen LogP contribution in [-0.2, 0) is 0 Å². The first-order chi connectivity index (χ1) is 12.3. The molecule has 0 aliphatic heterocycles. The molecule has 0 aliphatic rings. The van der Waals surface area contributed by atoms with Gasteiger partial charge in [-0.15, -0.1) is 0 Å². The van der Waals surface area contributed by atoms with Crippen LogP contribution in [0, 0.1) is 11.6 Å². The van der Waals surface area contributed by atoms with Gasteiger partial charge < -0.3 is 9.88 Å². The normalized spacial score (nSPS) is 12.2. The molecule has 0 unspecified atom stereocenters. The van der Waals surface area contributed by atoms with Crippen LogP contribution in [0.15, 0.2) is 47.4 Å². The smallest absolute Gasteiger partial charge is 0.255 e. The van der Waals surface area contributed by atoms with Gasteiger partial charge in [0, 0.05) is 23.8 Å². The van der Waals surface area contributed by atoms with Crippen LogP contribution in [-0.4, -0.2) is 22.8 Å². The molecule has 3 aromatic rings. The van der Waals surface area contributed by atoms with Crippen LogP contribution in [0.2, 0.25) is 5.02 Å². The fraction of sp³-hybridized carbons (Fsp3) is 0.158. The summed E-state index contributed by atoms with van der Waals surface area (Å²) >= 11 is 5.84. The molecular formula is C19H15ClF2N2O2. The van der Waals surface area contributed by atoms with Crippen LogP contribution in [0.4, 0.5) is 8.78 Å². The van der Waals surface area contributed by atoms with Gasteiger partial charge in [-0.1, -0.05) is 11.6 Å². The Bertz CT molecular complexity index is 1050. The zero-order chi connectivity index (χ0) is 19.0. The molecule has 0 bridgehead atoms. The molecule has 7 heteroatoms. The zero-order valence-corrected chi connectivity index (χ0v) is 14.8. The molecule has 1 heterocycles. The van der Waals surface area contributed by atoms with Crippen molar-refractivity contribution in [3.05, 3.63) is 80.7 Å². The summed E-state index contributed by atoms with van der Waals surface area (Å²) in [6, 6.07) is 7.78. The largest absolute Gasteiger partial charge is 0.335 e. The number of rotatable bonds is 3. The second-order valence-corrected chi connectivity index (χ2v) is 6.42. The van der Waals surface area contributed by atoms with E-state index in [9.17, 15) is 18.4 Å². The maximum absolute atomic E-state index is 13.7. The predicted octanol–water partition coefficient (Wildman–Crippen LogP) is 4.29. The maximum atomic E-state index is 13.7. The third-order valence-corrected chi connectivity index (χ3v) is 4.67. The Hall–Kier alpha value is -2.73. The van der Waals surface area contributed by atoms with Gasteiger partial charge in [-0.2, -0.15) is 0 Å². The molecule has 4 nitrogen and oxygen atoms in total. The predicted molar refractivity (Wildman–Crippen MR) is 96.4 cm³/mol. The van der Waals surface area contributed by atoms with E-state index in [1.165, 1.54) is 11.1 Å². The Morgan fingerprint density at radius 2 is 1.69 bits per heavy atom. The lowest BCUT2D eigenvalue weighted by Crippen LogP contribution is -2.30. The molecule has 1 amide bonds. The van der Waals surface area contributed by atoms with Gasteiger partial charge in [0.15, 0.2) is 11.6 Å². The summed E-state index contributed by atoms with van der Waals surface area (Å²) in [7, 11) is 1.60. The van der Waals surface area contributed by atoms with Gasteiger partial charge >= 0.3 is 0 Å². The number of carbonyl (C=O) groups is 1. The van der Waals surface area contributed by atoms with Crippen molar-refractivity contribution in [3.8, 4) is 0 Å². The summed E-state index contributed by atoms with van der Waals surface area (Å²) in [5, 5.41) is 0.804. The van der Waals surface area contributed by atoms with E-state index in [2.05, 4.69) is 4.98 Å². The topological polar surface area (TPSA) is 53.2 Å². The lowest BCUT2D eigenvalue weighted by atomic mass is 10.0. The highest BCUT2D eigenvalue weighted by atomic mass is 35.5. The summed E-state index contributed by atoms with van der Waals surface area (Å²) in [5.41, 5.74) is 0.416. The van der Waals surface area contributed by atoms with Gasteiger partial charge in [0.1, 0.15) is 0 Å². The molecule has 1 N–H and O–H groups in total. The monoisotopic (exact) mass is 376 g/mol. The van der Waals surface area contributed by atoms with E-state index in [4.69, 9.17) is 11.6 Å². The number of halogens is 3. The van der Waals surface area contributed by atoms with Crippen molar-refractivity contribution in [2.75, 3.05) is 7.05 Å². The quantitative estimate of drug-likeness (QED) is 0.741. The van der Waals surface area contributed by atoms with Gasteiger partial charge in [0.05, 0.1) is 11.4 Å². The Morgan fingerprint density at radius 3 is 2.31 bits per heavy atom. The number of carbonyl (C=O) groups excluding carboxylic acids is 1. The van der Waals surface area contributed by atoms with E-state index in [1.54, 1.807) is 38.2 Å². The lowest BCUT2D eigenvalue weighted by molar-refractivity contribution is 0.0743. The molecule has 0 fully saturated rings. The number of amides is 1. The van der Waals surface area contributed by atoms with E-state index in [1.807, 2.05) is 0 Å². The summed E-state index contributed by atoms with van der Waals surface area (Å²) in [4.78, 5) is 28.6. The van der Waals surface area contributed by atoms with Crippen molar-refractivity contribution in [1.82, 2.24) is 9.88 Å². The Kier molecular flexibility index (Phi) is 4.78. The molecule has 0 saturated heterocycles. The Balaban J connectivity index is 2.04. The summed E-state index contributed by atoms with van der Waals surface area (Å²) in [6.45, 7) is 1.74. The van der Waals surface area contributed by atoms with E-state index in [-0.39, 0.29) is 16.7 Å². The highest BCUT2D eigenvalue weighted by Gasteiger charge is 2.22. The second kappa shape index (κ2) is 6.88. The first-order valence-corrected chi connectivity index (χ1v) is 8.20. The van der Waals surface area contributed by atoms with Gasteiger partial charge in [0.25, 0.3) is 11.5 Å². The Morgan fingerprint density at radius 1 is 1.12 bits per heavy atom. The van der Waals surface area contributed by atoms with E-state index < -0.39 is 23.2 Å². The highest BCUT2D eigenvalue weighted by Crippen LogP contribution is 2.27. The van der Waals surface area contributed by atoms with Crippen molar-refractivity contribution in [3.63, 3.8) is 0 Å². The number of pyridine rings is 1. The number of benzene rings is 2. The van der Waals surface area contributed by atoms with Gasteiger partial charge in [-0.3, -0.25) is 9.59 Å². The van der Waals surface area contributed by atoms with E-state index in [0.29, 0.717) is 16.1 Å². The zero-order valence-electron chi connectivity index (χ0n) is 14.0. The third-order valence-electron chi connectivity index (χ3n) is 4.42. The fourth-order valence-corrected chi connectivity index (χ4v) is 2.92. The van der Waals surface area contributed by atoms with Crippen molar-refractivity contribution in [1.29, 1.82) is 0 Å². The number of hydrogen-bond acceptors (Lipinski definition) is 2. The van der Waals surface area contributed by atoms with Gasteiger partial charge in [-0.05, 0) is 54.3 Å².